The third-order valence-corrected chi connectivity index (χ3v) is 3.66. The molecule has 1 atom stereocenters. The Kier molecular flexibility index (Phi) is 4.74. The lowest BCUT2D eigenvalue weighted by atomic mass is 9.87. The van der Waals surface area contributed by atoms with Crippen molar-refractivity contribution >= 4 is 5.69 Å². The summed E-state index contributed by atoms with van der Waals surface area (Å²) in [4.78, 5) is 2.00. The highest BCUT2D eigenvalue weighted by Crippen LogP contribution is 2.29. The molecule has 0 fully saturated rings. The van der Waals surface area contributed by atoms with Crippen LogP contribution in [-0.4, -0.2) is 19.6 Å². The van der Waals surface area contributed by atoms with Gasteiger partial charge in [-0.05, 0) is 43.0 Å². The fourth-order valence-electron chi connectivity index (χ4n) is 1.95. The smallest absolute Gasteiger partial charge is 0.146 e. The molecule has 3 heteroatoms. The molecule has 0 spiro atoms. The second kappa shape index (κ2) is 5.70. The van der Waals surface area contributed by atoms with Crippen LogP contribution in [0.25, 0.3) is 0 Å². The molecule has 1 unspecified atom stereocenters. The van der Waals surface area contributed by atoms with Gasteiger partial charge >= 0.3 is 0 Å². The normalized spacial score (nSPS) is 13.5. The lowest BCUT2D eigenvalue weighted by Gasteiger charge is -2.37. The third kappa shape index (κ3) is 3.45. The van der Waals surface area contributed by atoms with Crippen LogP contribution in [-0.2, 0) is 6.42 Å². The van der Waals surface area contributed by atoms with E-state index in [2.05, 4.69) is 27.7 Å². The van der Waals surface area contributed by atoms with E-state index >= 15 is 0 Å². The van der Waals surface area contributed by atoms with Gasteiger partial charge in [0.25, 0.3) is 0 Å². The van der Waals surface area contributed by atoms with Crippen molar-refractivity contribution in [1.82, 2.24) is 0 Å². The molecular formula is C15H25FN2. The fourth-order valence-corrected chi connectivity index (χ4v) is 1.95. The molecule has 0 aliphatic rings. The lowest BCUT2D eigenvalue weighted by Crippen LogP contribution is -2.39. The van der Waals surface area contributed by atoms with Gasteiger partial charge in [0.15, 0.2) is 0 Å². The number of hydrogen-bond donors (Lipinski definition) is 1. The molecule has 102 valence electrons. The van der Waals surface area contributed by atoms with Gasteiger partial charge in [0.2, 0.25) is 0 Å². The molecule has 2 nitrogen and oxygen atoms in total. The maximum absolute atomic E-state index is 14.1. The number of benzene rings is 1. The molecule has 2 N–H and O–H groups in total. The Bertz CT molecular complexity index is 396. The number of nitrogens with two attached hydrogens (primary N) is 1. The summed E-state index contributed by atoms with van der Waals surface area (Å²) in [5.41, 5.74) is 7.19. The van der Waals surface area contributed by atoms with Crippen LogP contribution in [0.15, 0.2) is 18.2 Å². The molecule has 0 aliphatic heterocycles. The minimum absolute atomic E-state index is 0.108. The average Bonchev–Trinajstić information content (AvgIpc) is 2.26. The zero-order chi connectivity index (χ0) is 13.9. The first-order chi connectivity index (χ1) is 8.27. The Morgan fingerprint density at radius 1 is 1.33 bits per heavy atom. The van der Waals surface area contributed by atoms with Gasteiger partial charge in [0, 0.05) is 13.1 Å². The fraction of sp³-hybridized carbons (Fsp3) is 0.600. The van der Waals surface area contributed by atoms with Crippen molar-refractivity contribution in [3.63, 3.8) is 0 Å². The topological polar surface area (TPSA) is 29.3 Å². The number of anilines is 1. The second-order valence-electron chi connectivity index (χ2n) is 5.98. The van der Waals surface area contributed by atoms with E-state index in [1.165, 1.54) is 0 Å². The van der Waals surface area contributed by atoms with Gasteiger partial charge in [-0.3, -0.25) is 0 Å². The van der Waals surface area contributed by atoms with Crippen LogP contribution in [0.3, 0.4) is 0 Å². The Morgan fingerprint density at radius 2 is 1.94 bits per heavy atom. The molecule has 0 amide bonds. The van der Waals surface area contributed by atoms with Gasteiger partial charge in [-0.25, -0.2) is 4.39 Å². The summed E-state index contributed by atoms with van der Waals surface area (Å²) < 4.78 is 14.1. The quantitative estimate of drug-likeness (QED) is 0.891. The van der Waals surface area contributed by atoms with Crippen molar-refractivity contribution in [2.45, 2.75) is 40.2 Å². The maximum atomic E-state index is 14.1. The molecule has 0 saturated heterocycles. The van der Waals surface area contributed by atoms with E-state index in [-0.39, 0.29) is 17.3 Å². The summed E-state index contributed by atoms with van der Waals surface area (Å²) in [7, 11) is 1.94. The van der Waals surface area contributed by atoms with Crippen LogP contribution >= 0.6 is 0 Å². The molecule has 18 heavy (non-hydrogen) atoms. The average molecular weight is 252 g/mol. The predicted molar refractivity (Wildman–Crippen MR) is 76.5 cm³/mol. The molecule has 0 saturated carbocycles. The van der Waals surface area contributed by atoms with Crippen molar-refractivity contribution in [3.8, 4) is 0 Å². The predicted octanol–water partition coefficient (Wildman–Crippen LogP) is 3.20. The first kappa shape index (κ1) is 15.0. The molecule has 1 rings (SSSR count). The molecule has 1 aromatic carbocycles. The van der Waals surface area contributed by atoms with Crippen LogP contribution < -0.4 is 10.6 Å². The third-order valence-electron chi connectivity index (χ3n) is 3.66. The van der Waals surface area contributed by atoms with Crippen LogP contribution in [0.4, 0.5) is 10.1 Å². The van der Waals surface area contributed by atoms with Crippen LogP contribution in [0.1, 0.15) is 33.3 Å². The molecule has 0 heterocycles. The van der Waals surface area contributed by atoms with Crippen molar-refractivity contribution < 1.29 is 4.39 Å². The largest absolute Gasteiger partial charge is 0.369 e. The highest BCUT2D eigenvalue weighted by molar-refractivity contribution is 5.49. The van der Waals surface area contributed by atoms with Gasteiger partial charge in [-0.2, -0.15) is 0 Å². The number of halogens is 1. The molecule has 0 aromatic heterocycles. The monoisotopic (exact) mass is 252 g/mol. The van der Waals surface area contributed by atoms with Gasteiger partial charge in [0.1, 0.15) is 5.82 Å². The summed E-state index contributed by atoms with van der Waals surface area (Å²) in [6, 6.07) is 5.65. The number of nitrogens with zero attached hydrogens (tertiary/aromatic N) is 1. The first-order valence-electron chi connectivity index (χ1n) is 6.48. The van der Waals surface area contributed by atoms with Gasteiger partial charge in [-0.1, -0.05) is 26.8 Å². The highest BCUT2D eigenvalue weighted by atomic mass is 19.1. The summed E-state index contributed by atoms with van der Waals surface area (Å²) in [6.07, 6.45) is 0.718. The maximum Gasteiger partial charge on any atom is 0.146 e. The number of rotatable bonds is 4. The zero-order valence-electron chi connectivity index (χ0n) is 12.1. The van der Waals surface area contributed by atoms with Gasteiger partial charge in [0.05, 0.1) is 5.69 Å². The number of hydrogen-bond acceptors (Lipinski definition) is 2. The minimum Gasteiger partial charge on any atom is -0.369 e. The Morgan fingerprint density at radius 3 is 2.39 bits per heavy atom. The van der Waals surface area contributed by atoms with Crippen molar-refractivity contribution in [3.05, 3.63) is 29.6 Å². The molecule has 0 aliphatic carbocycles. The van der Waals surface area contributed by atoms with Crippen LogP contribution in [0.5, 0.6) is 0 Å². The summed E-state index contributed by atoms with van der Waals surface area (Å²) in [5.74, 6) is -0.167. The van der Waals surface area contributed by atoms with Crippen LogP contribution in [0, 0.1) is 11.2 Å². The summed E-state index contributed by atoms with van der Waals surface area (Å²) >= 11 is 0. The minimum atomic E-state index is -0.167. The Labute approximate surface area is 110 Å². The van der Waals surface area contributed by atoms with E-state index in [0.717, 1.165) is 12.0 Å². The highest BCUT2D eigenvalue weighted by Gasteiger charge is 2.25. The molecule has 0 bridgehead atoms. The second-order valence-corrected chi connectivity index (χ2v) is 5.98. The first-order valence-corrected chi connectivity index (χ1v) is 6.48. The van der Waals surface area contributed by atoms with Crippen LogP contribution in [0.2, 0.25) is 0 Å². The Hall–Kier alpha value is -1.09. The van der Waals surface area contributed by atoms with Crippen molar-refractivity contribution in [2.75, 3.05) is 18.5 Å². The lowest BCUT2D eigenvalue weighted by molar-refractivity contribution is 0.328. The van der Waals surface area contributed by atoms with E-state index < -0.39 is 0 Å². The van der Waals surface area contributed by atoms with E-state index in [0.29, 0.717) is 12.2 Å². The van der Waals surface area contributed by atoms with Crippen molar-refractivity contribution in [2.24, 2.45) is 11.1 Å². The van der Waals surface area contributed by atoms with E-state index in [4.69, 9.17) is 5.73 Å². The SMILES string of the molecule is CC(N(C)c1ccc(CCN)cc1F)C(C)(C)C. The van der Waals surface area contributed by atoms with E-state index in [9.17, 15) is 4.39 Å². The Balaban J connectivity index is 2.96. The van der Waals surface area contributed by atoms with E-state index in [1.807, 2.05) is 24.1 Å². The molecule has 0 radical (unpaired) electrons. The van der Waals surface area contributed by atoms with Crippen molar-refractivity contribution in [1.29, 1.82) is 0 Å². The summed E-state index contributed by atoms with van der Waals surface area (Å²) in [5, 5.41) is 0. The van der Waals surface area contributed by atoms with E-state index in [1.54, 1.807) is 6.07 Å². The zero-order valence-corrected chi connectivity index (χ0v) is 12.1. The summed E-state index contributed by atoms with van der Waals surface area (Å²) in [6.45, 7) is 9.15. The molecular weight excluding hydrogens is 227 g/mol. The van der Waals surface area contributed by atoms with Gasteiger partial charge in [-0.15, -0.1) is 0 Å². The molecule has 1 aromatic rings. The van der Waals surface area contributed by atoms with Gasteiger partial charge < -0.3 is 10.6 Å². The standard InChI is InChI=1S/C15H25FN2/c1-11(15(2,3)4)18(5)14-7-6-12(8-9-17)10-13(14)16/h6-7,10-11H,8-9,17H2,1-5H3.